The summed E-state index contributed by atoms with van der Waals surface area (Å²) in [6, 6.07) is 9.99. The minimum atomic E-state index is -4.87. The molecule has 0 unspecified atom stereocenters. The van der Waals surface area contributed by atoms with Gasteiger partial charge in [-0.05, 0) is 30.3 Å². The van der Waals surface area contributed by atoms with Crippen molar-refractivity contribution in [2.24, 2.45) is 0 Å². The summed E-state index contributed by atoms with van der Waals surface area (Å²) < 4.78 is 65.4. The van der Waals surface area contributed by atoms with E-state index in [1.165, 1.54) is 36.4 Å². The number of alkyl halides is 3. The van der Waals surface area contributed by atoms with Crippen molar-refractivity contribution in [3.8, 4) is 0 Å². The van der Waals surface area contributed by atoms with E-state index in [-0.39, 0.29) is 25.1 Å². The summed E-state index contributed by atoms with van der Waals surface area (Å²) in [7, 11) is -4.44. The van der Waals surface area contributed by atoms with Crippen LogP contribution in [0.4, 0.5) is 13.2 Å². The summed E-state index contributed by atoms with van der Waals surface area (Å²) in [4.78, 5) is 3.51. The maximum Gasteiger partial charge on any atom is 0.432 e. The van der Waals surface area contributed by atoms with Gasteiger partial charge in [-0.25, -0.2) is 17.4 Å². The standard InChI is InChI=1S/C14H8ClF3N2O2S/c15-13-7-6-11-10(19-13)8-12(14(16,17)18)20(11)23(21,22)9-4-2-1-3-5-9/h1-8H. The molecule has 0 radical (unpaired) electrons. The molecule has 0 fully saturated rings. The van der Waals surface area contributed by atoms with Gasteiger partial charge in [0.1, 0.15) is 10.8 Å². The van der Waals surface area contributed by atoms with Gasteiger partial charge in [0.05, 0.1) is 15.9 Å². The van der Waals surface area contributed by atoms with Gasteiger partial charge in [-0.1, -0.05) is 29.8 Å². The molecule has 3 rings (SSSR count). The number of aromatic nitrogens is 2. The summed E-state index contributed by atoms with van der Waals surface area (Å²) in [5.74, 6) is 0. The van der Waals surface area contributed by atoms with Gasteiger partial charge < -0.3 is 0 Å². The molecule has 0 aliphatic rings. The van der Waals surface area contributed by atoms with Crippen LogP contribution in [0.15, 0.2) is 53.4 Å². The van der Waals surface area contributed by atoms with Gasteiger partial charge in [0.2, 0.25) is 0 Å². The molecule has 0 bridgehead atoms. The van der Waals surface area contributed by atoms with Crippen molar-refractivity contribution in [2.45, 2.75) is 11.1 Å². The van der Waals surface area contributed by atoms with Crippen LogP contribution in [0.25, 0.3) is 11.0 Å². The van der Waals surface area contributed by atoms with Crippen LogP contribution in [0, 0.1) is 0 Å². The zero-order chi connectivity index (χ0) is 16.8. The maximum atomic E-state index is 13.3. The highest BCUT2D eigenvalue weighted by molar-refractivity contribution is 7.90. The minimum absolute atomic E-state index is 0.0273. The monoisotopic (exact) mass is 360 g/mol. The fourth-order valence-electron chi connectivity index (χ4n) is 2.19. The number of rotatable bonds is 2. The molecule has 3 aromatic rings. The Morgan fingerprint density at radius 1 is 1.04 bits per heavy atom. The Morgan fingerprint density at radius 2 is 1.70 bits per heavy atom. The Labute approximate surface area is 134 Å². The highest BCUT2D eigenvalue weighted by Gasteiger charge is 2.39. The third-order valence-corrected chi connectivity index (χ3v) is 5.10. The zero-order valence-corrected chi connectivity index (χ0v) is 12.8. The predicted octanol–water partition coefficient (Wildman–Crippen LogP) is 3.95. The molecule has 1 aromatic carbocycles. The Bertz CT molecular complexity index is 982. The molecule has 0 aliphatic heterocycles. The fraction of sp³-hybridized carbons (Fsp3) is 0.0714. The number of hydrogen-bond donors (Lipinski definition) is 0. The van der Waals surface area contributed by atoms with Crippen LogP contribution in [-0.2, 0) is 16.2 Å². The van der Waals surface area contributed by atoms with E-state index < -0.39 is 21.9 Å². The molecule has 2 aromatic heterocycles. The second-order valence-electron chi connectivity index (χ2n) is 4.65. The van der Waals surface area contributed by atoms with Crippen molar-refractivity contribution in [2.75, 3.05) is 0 Å². The van der Waals surface area contributed by atoms with E-state index in [1.807, 2.05) is 0 Å². The molecular weight excluding hydrogens is 353 g/mol. The van der Waals surface area contributed by atoms with E-state index in [9.17, 15) is 21.6 Å². The van der Waals surface area contributed by atoms with E-state index in [0.717, 1.165) is 0 Å². The molecule has 2 heterocycles. The molecule has 120 valence electrons. The molecule has 23 heavy (non-hydrogen) atoms. The van der Waals surface area contributed by atoms with E-state index in [4.69, 9.17) is 11.6 Å². The topological polar surface area (TPSA) is 52.0 Å². The lowest BCUT2D eigenvalue weighted by Gasteiger charge is -2.13. The summed E-state index contributed by atoms with van der Waals surface area (Å²) in [5.41, 5.74) is -1.67. The lowest BCUT2D eigenvalue weighted by Crippen LogP contribution is -2.20. The molecule has 0 atom stereocenters. The van der Waals surface area contributed by atoms with Crippen molar-refractivity contribution >= 4 is 32.7 Å². The first-order valence-corrected chi connectivity index (χ1v) is 8.09. The highest BCUT2D eigenvalue weighted by Crippen LogP contribution is 2.36. The van der Waals surface area contributed by atoms with Gasteiger partial charge in [-0.2, -0.15) is 13.2 Å². The average molecular weight is 361 g/mol. The predicted molar refractivity (Wildman–Crippen MR) is 78.8 cm³/mol. The molecule has 4 nitrogen and oxygen atoms in total. The van der Waals surface area contributed by atoms with Gasteiger partial charge in [-0.3, -0.25) is 0 Å². The molecule has 0 aliphatic carbocycles. The van der Waals surface area contributed by atoms with Crippen LogP contribution in [0.5, 0.6) is 0 Å². The number of hydrogen-bond acceptors (Lipinski definition) is 3. The number of halogens is 4. The summed E-state index contributed by atoms with van der Waals surface area (Å²) in [5, 5.41) is -0.0273. The van der Waals surface area contributed by atoms with Crippen molar-refractivity contribution in [3.05, 3.63) is 59.4 Å². The Hall–Kier alpha value is -2.06. The number of nitrogens with zero attached hydrogens (tertiary/aromatic N) is 2. The Morgan fingerprint density at radius 3 is 2.30 bits per heavy atom. The normalized spacial score (nSPS) is 12.7. The smallest absolute Gasteiger partial charge is 0.234 e. The average Bonchev–Trinajstić information content (AvgIpc) is 2.87. The van der Waals surface area contributed by atoms with Crippen LogP contribution >= 0.6 is 11.6 Å². The van der Waals surface area contributed by atoms with Gasteiger partial charge in [0.15, 0.2) is 0 Å². The van der Waals surface area contributed by atoms with Gasteiger partial charge >= 0.3 is 6.18 Å². The maximum absolute atomic E-state index is 13.3. The first kappa shape index (κ1) is 15.8. The molecule has 0 saturated heterocycles. The Balaban J connectivity index is 2.40. The van der Waals surface area contributed by atoms with Crippen molar-refractivity contribution < 1.29 is 21.6 Å². The molecule has 0 saturated carbocycles. The van der Waals surface area contributed by atoms with Gasteiger partial charge in [-0.15, -0.1) is 0 Å². The number of benzene rings is 1. The molecular formula is C14H8ClF3N2O2S. The Kier molecular flexibility index (Phi) is 3.61. The second-order valence-corrected chi connectivity index (χ2v) is 6.82. The van der Waals surface area contributed by atoms with Gasteiger partial charge in [0.25, 0.3) is 10.0 Å². The summed E-state index contributed by atoms with van der Waals surface area (Å²) in [6.45, 7) is 0. The summed E-state index contributed by atoms with van der Waals surface area (Å²) >= 11 is 5.67. The van der Waals surface area contributed by atoms with E-state index in [0.29, 0.717) is 6.07 Å². The van der Waals surface area contributed by atoms with E-state index in [1.54, 1.807) is 6.07 Å². The molecule has 0 amide bonds. The lowest BCUT2D eigenvalue weighted by atomic mass is 10.4. The third-order valence-electron chi connectivity index (χ3n) is 3.15. The lowest BCUT2D eigenvalue weighted by molar-refractivity contribution is -0.141. The fourth-order valence-corrected chi connectivity index (χ4v) is 3.89. The first-order valence-electron chi connectivity index (χ1n) is 6.27. The van der Waals surface area contributed by atoms with Crippen LogP contribution < -0.4 is 0 Å². The molecule has 0 spiro atoms. The van der Waals surface area contributed by atoms with Crippen LogP contribution in [0.3, 0.4) is 0 Å². The SMILES string of the molecule is O=S(=O)(c1ccccc1)n1c(C(F)(F)F)cc2nc(Cl)ccc21. The molecule has 0 N–H and O–H groups in total. The van der Waals surface area contributed by atoms with E-state index in [2.05, 4.69) is 4.98 Å². The van der Waals surface area contributed by atoms with E-state index >= 15 is 0 Å². The van der Waals surface area contributed by atoms with Crippen LogP contribution in [0.1, 0.15) is 5.69 Å². The third kappa shape index (κ3) is 2.68. The zero-order valence-electron chi connectivity index (χ0n) is 11.2. The molecule has 9 heteroatoms. The van der Waals surface area contributed by atoms with Crippen molar-refractivity contribution in [1.82, 2.24) is 8.96 Å². The summed E-state index contributed by atoms with van der Waals surface area (Å²) in [6.07, 6.45) is -4.87. The number of fused-ring (bicyclic) bond motifs is 1. The van der Waals surface area contributed by atoms with Crippen molar-refractivity contribution in [3.63, 3.8) is 0 Å². The van der Waals surface area contributed by atoms with Crippen molar-refractivity contribution in [1.29, 1.82) is 0 Å². The largest absolute Gasteiger partial charge is 0.432 e. The second kappa shape index (κ2) is 5.24. The first-order chi connectivity index (χ1) is 10.7. The van der Waals surface area contributed by atoms with Gasteiger partial charge in [0, 0.05) is 0 Å². The van der Waals surface area contributed by atoms with Crippen LogP contribution in [0.2, 0.25) is 5.15 Å². The highest BCUT2D eigenvalue weighted by atomic mass is 35.5. The number of pyridine rings is 1. The minimum Gasteiger partial charge on any atom is -0.234 e. The van der Waals surface area contributed by atoms with Crippen LogP contribution in [-0.4, -0.2) is 17.4 Å². The quantitative estimate of drug-likeness (QED) is 0.650.